The number of hydrogen-bond acceptors (Lipinski definition) is 5. The van der Waals surface area contributed by atoms with Gasteiger partial charge in [0.25, 0.3) is 12.1 Å². The Kier molecular flexibility index (Phi) is 3.89. The molecule has 0 aliphatic heterocycles. The molecular formula is C8H5ClF2N2O4. The number of carbonyl (C=O) groups is 1. The van der Waals surface area contributed by atoms with E-state index in [1.807, 2.05) is 0 Å². The Bertz CT molecular complexity index is 481. The molecule has 0 aliphatic carbocycles. The molecule has 0 radical (unpaired) electrons. The predicted molar refractivity (Wildman–Crippen MR) is 52.2 cm³/mol. The van der Waals surface area contributed by atoms with Gasteiger partial charge in [0, 0.05) is 11.6 Å². The van der Waals surface area contributed by atoms with Crippen molar-refractivity contribution in [2.75, 3.05) is 7.11 Å². The van der Waals surface area contributed by atoms with E-state index < -0.39 is 39.4 Å². The minimum Gasteiger partial charge on any atom is -0.463 e. The summed E-state index contributed by atoms with van der Waals surface area (Å²) in [7, 11) is 0.993. The van der Waals surface area contributed by atoms with Gasteiger partial charge in [0.15, 0.2) is 0 Å². The first-order valence-corrected chi connectivity index (χ1v) is 4.47. The molecule has 1 rings (SSSR count). The highest BCUT2D eigenvalue weighted by molar-refractivity contribution is 6.33. The van der Waals surface area contributed by atoms with Crippen LogP contribution in [0.2, 0.25) is 5.02 Å². The number of nitrogens with zero attached hydrogens (tertiary/aromatic N) is 2. The van der Waals surface area contributed by atoms with Gasteiger partial charge in [0.2, 0.25) is 0 Å². The lowest BCUT2D eigenvalue weighted by molar-refractivity contribution is -0.389. The minimum absolute atomic E-state index is 0.598. The van der Waals surface area contributed by atoms with Gasteiger partial charge in [-0.1, -0.05) is 11.6 Å². The molecule has 0 fully saturated rings. The molecule has 0 saturated carbocycles. The van der Waals surface area contributed by atoms with Crippen molar-refractivity contribution >= 4 is 23.4 Å². The summed E-state index contributed by atoms with van der Waals surface area (Å²) in [6, 6.07) is 0.659. The van der Waals surface area contributed by atoms with E-state index in [9.17, 15) is 23.7 Å². The maximum absolute atomic E-state index is 12.5. The second kappa shape index (κ2) is 5.00. The van der Waals surface area contributed by atoms with E-state index in [1.54, 1.807) is 0 Å². The third-order valence-corrected chi connectivity index (χ3v) is 2.16. The molecule has 6 nitrogen and oxygen atoms in total. The minimum atomic E-state index is -3.06. The highest BCUT2D eigenvalue weighted by Gasteiger charge is 2.28. The summed E-state index contributed by atoms with van der Waals surface area (Å²) in [6.45, 7) is 0. The van der Waals surface area contributed by atoms with Crippen molar-refractivity contribution < 1.29 is 23.2 Å². The van der Waals surface area contributed by atoms with Crippen molar-refractivity contribution in [3.63, 3.8) is 0 Å². The largest absolute Gasteiger partial charge is 0.463 e. The van der Waals surface area contributed by atoms with Crippen LogP contribution in [-0.2, 0) is 4.74 Å². The molecular weight excluding hydrogens is 262 g/mol. The van der Waals surface area contributed by atoms with Crippen LogP contribution in [0.25, 0.3) is 0 Å². The summed E-state index contributed by atoms with van der Waals surface area (Å²) < 4.78 is 29.3. The van der Waals surface area contributed by atoms with Crippen LogP contribution in [0.15, 0.2) is 6.07 Å². The third kappa shape index (κ3) is 2.64. The molecule has 17 heavy (non-hydrogen) atoms. The number of alkyl halides is 2. The Morgan fingerprint density at radius 1 is 1.65 bits per heavy atom. The maximum atomic E-state index is 12.5. The van der Waals surface area contributed by atoms with Gasteiger partial charge in [-0.25, -0.2) is 13.6 Å². The SMILES string of the molecule is COC(=O)c1cc(C(F)F)c(Cl)c([N+](=O)[O-])n1. The van der Waals surface area contributed by atoms with Crippen molar-refractivity contribution in [2.24, 2.45) is 0 Å². The molecule has 0 spiro atoms. The number of esters is 1. The Labute approximate surface area is 98.3 Å². The quantitative estimate of drug-likeness (QED) is 0.476. The summed E-state index contributed by atoms with van der Waals surface area (Å²) in [5, 5.41) is 9.73. The normalized spacial score (nSPS) is 10.4. The van der Waals surface area contributed by atoms with Crippen LogP contribution in [0, 0.1) is 10.1 Å². The molecule has 0 amide bonds. The van der Waals surface area contributed by atoms with Crippen molar-refractivity contribution in [3.05, 3.63) is 32.5 Å². The molecule has 0 N–H and O–H groups in total. The molecule has 1 aromatic rings. The molecule has 92 valence electrons. The number of hydrogen-bond donors (Lipinski definition) is 0. The number of pyridine rings is 1. The standard InChI is InChI=1S/C8H5ClF2N2O4/c1-17-8(14)4-2-3(6(10)11)5(9)7(12-4)13(15)16/h2,6H,1H3. The lowest BCUT2D eigenvalue weighted by Gasteiger charge is -2.04. The predicted octanol–water partition coefficient (Wildman–Crippen LogP) is 2.37. The van der Waals surface area contributed by atoms with Crippen LogP contribution in [0.5, 0.6) is 0 Å². The number of rotatable bonds is 3. The van der Waals surface area contributed by atoms with Crippen LogP contribution >= 0.6 is 11.6 Å². The van der Waals surface area contributed by atoms with Crippen molar-refractivity contribution in [2.45, 2.75) is 6.43 Å². The number of aromatic nitrogens is 1. The van der Waals surface area contributed by atoms with Crippen LogP contribution in [0.1, 0.15) is 22.5 Å². The van der Waals surface area contributed by atoms with Gasteiger partial charge in [-0.05, 0) is 9.91 Å². The van der Waals surface area contributed by atoms with Gasteiger partial charge in [0.05, 0.1) is 7.11 Å². The zero-order chi connectivity index (χ0) is 13.2. The lowest BCUT2D eigenvalue weighted by atomic mass is 10.2. The monoisotopic (exact) mass is 266 g/mol. The summed E-state index contributed by atoms with van der Waals surface area (Å²) in [5.74, 6) is -2.07. The third-order valence-electron chi connectivity index (χ3n) is 1.77. The van der Waals surface area contributed by atoms with E-state index in [1.165, 1.54) is 0 Å². The average molecular weight is 267 g/mol. The molecule has 0 saturated heterocycles. The Morgan fingerprint density at radius 2 is 2.24 bits per heavy atom. The molecule has 1 heterocycles. The maximum Gasteiger partial charge on any atom is 0.383 e. The Balaban J connectivity index is 3.47. The molecule has 0 atom stereocenters. The van der Waals surface area contributed by atoms with Crippen LogP contribution in [0.4, 0.5) is 14.6 Å². The van der Waals surface area contributed by atoms with Crippen molar-refractivity contribution in [3.8, 4) is 0 Å². The first kappa shape index (κ1) is 13.2. The van der Waals surface area contributed by atoms with Gasteiger partial charge in [-0.2, -0.15) is 0 Å². The van der Waals surface area contributed by atoms with Gasteiger partial charge >= 0.3 is 11.8 Å². The molecule has 9 heteroatoms. The second-order valence-corrected chi connectivity index (χ2v) is 3.16. The van der Waals surface area contributed by atoms with E-state index in [2.05, 4.69) is 9.72 Å². The second-order valence-electron chi connectivity index (χ2n) is 2.78. The molecule has 0 unspecified atom stereocenters. The highest BCUT2D eigenvalue weighted by atomic mass is 35.5. The average Bonchev–Trinajstić information content (AvgIpc) is 2.27. The van der Waals surface area contributed by atoms with Gasteiger partial charge in [0.1, 0.15) is 5.02 Å². The summed E-state index contributed by atoms with van der Waals surface area (Å²) >= 11 is 5.38. The lowest BCUT2D eigenvalue weighted by Crippen LogP contribution is -2.08. The fraction of sp³-hybridized carbons (Fsp3) is 0.250. The molecule has 0 aromatic carbocycles. The Hall–Kier alpha value is -1.83. The first-order valence-electron chi connectivity index (χ1n) is 4.09. The number of methoxy groups -OCH3 is 1. The smallest absolute Gasteiger partial charge is 0.383 e. The number of ether oxygens (including phenoxy) is 1. The summed E-state index contributed by atoms with van der Waals surface area (Å²) in [5.41, 5.74) is -1.44. The molecule has 0 bridgehead atoms. The van der Waals surface area contributed by atoms with E-state index >= 15 is 0 Å². The van der Waals surface area contributed by atoms with E-state index in [-0.39, 0.29) is 0 Å². The van der Waals surface area contributed by atoms with Gasteiger partial charge in [-0.15, -0.1) is 0 Å². The van der Waals surface area contributed by atoms with Crippen LogP contribution in [-0.4, -0.2) is 23.0 Å². The van der Waals surface area contributed by atoms with Crippen molar-refractivity contribution in [1.29, 1.82) is 0 Å². The zero-order valence-electron chi connectivity index (χ0n) is 8.32. The van der Waals surface area contributed by atoms with E-state index in [0.717, 1.165) is 7.11 Å². The molecule has 1 aromatic heterocycles. The molecule has 0 aliphatic rings. The van der Waals surface area contributed by atoms with Crippen molar-refractivity contribution in [1.82, 2.24) is 4.98 Å². The number of halogens is 3. The summed E-state index contributed by atoms with van der Waals surface area (Å²) in [4.78, 5) is 23.8. The van der Waals surface area contributed by atoms with E-state index in [0.29, 0.717) is 6.07 Å². The highest BCUT2D eigenvalue weighted by Crippen LogP contribution is 2.33. The fourth-order valence-corrected chi connectivity index (χ4v) is 1.27. The Morgan fingerprint density at radius 3 is 2.65 bits per heavy atom. The van der Waals surface area contributed by atoms with E-state index in [4.69, 9.17) is 11.6 Å². The summed E-state index contributed by atoms with van der Waals surface area (Å²) in [6.07, 6.45) is -3.06. The fourth-order valence-electron chi connectivity index (χ4n) is 1.02. The van der Waals surface area contributed by atoms with Gasteiger partial charge in [-0.3, -0.25) is 0 Å². The first-order chi connectivity index (χ1) is 7.88. The number of nitro groups is 1. The number of carbonyl (C=O) groups excluding carboxylic acids is 1. The topological polar surface area (TPSA) is 82.3 Å². The van der Waals surface area contributed by atoms with Crippen LogP contribution < -0.4 is 0 Å². The zero-order valence-corrected chi connectivity index (χ0v) is 9.07. The van der Waals surface area contributed by atoms with Crippen LogP contribution in [0.3, 0.4) is 0 Å². The van der Waals surface area contributed by atoms with Gasteiger partial charge < -0.3 is 14.9 Å².